The van der Waals surface area contributed by atoms with Crippen molar-refractivity contribution >= 4 is 20.2 Å². The van der Waals surface area contributed by atoms with Crippen molar-refractivity contribution in [3.63, 3.8) is 0 Å². The maximum absolute atomic E-state index is 10.1. The molecule has 74 valence electrons. The molecule has 0 saturated carbocycles. The molecule has 7 nitrogen and oxygen atoms in total. The van der Waals surface area contributed by atoms with Gasteiger partial charge in [-0.3, -0.25) is 9.11 Å². The van der Waals surface area contributed by atoms with Gasteiger partial charge in [0, 0.05) is 6.42 Å². The average molecular weight is 220 g/mol. The van der Waals surface area contributed by atoms with E-state index in [0.717, 1.165) is 0 Å². The van der Waals surface area contributed by atoms with Crippen LogP contribution in [0.3, 0.4) is 0 Å². The van der Waals surface area contributed by atoms with Gasteiger partial charge >= 0.3 is 0 Å². The highest BCUT2D eigenvalue weighted by molar-refractivity contribution is 7.87. The van der Waals surface area contributed by atoms with E-state index in [1.165, 1.54) is 0 Å². The molecule has 0 amide bonds. The lowest BCUT2D eigenvalue weighted by Gasteiger charge is -2.04. The third kappa shape index (κ3) is 5.43. The molecule has 0 fully saturated rings. The number of rotatable bonds is 4. The van der Waals surface area contributed by atoms with Gasteiger partial charge in [0.15, 0.2) is 5.44 Å². The summed E-state index contributed by atoms with van der Waals surface area (Å²) in [6, 6.07) is 0. The fourth-order valence-corrected chi connectivity index (χ4v) is 1.48. The van der Waals surface area contributed by atoms with Gasteiger partial charge in [-0.05, 0) is 0 Å². The fraction of sp³-hybridized carbons (Fsp3) is 1.00. The van der Waals surface area contributed by atoms with E-state index in [-0.39, 0.29) is 0 Å². The summed E-state index contributed by atoms with van der Waals surface area (Å²) < 4.78 is 56.5. The van der Waals surface area contributed by atoms with Crippen molar-refractivity contribution < 1.29 is 31.0 Å². The minimum Gasteiger partial charge on any atom is -0.375 e. The van der Waals surface area contributed by atoms with Gasteiger partial charge < -0.3 is 5.11 Å². The van der Waals surface area contributed by atoms with Gasteiger partial charge in [-0.1, -0.05) is 0 Å². The largest absolute Gasteiger partial charge is 0.375 e. The van der Waals surface area contributed by atoms with Crippen LogP contribution in [0.2, 0.25) is 0 Å². The second-order valence-corrected chi connectivity index (χ2v) is 5.19. The summed E-state index contributed by atoms with van der Waals surface area (Å²) in [7, 11) is -8.96. The highest BCUT2D eigenvalue weighted by Crippen LogP contribution is 2.01. The molecule has 0 rings (SSSR count). The summed E-state index contributed by atoms with van der Waals surface area (Å²) >= 11 is 0. The van der Waals surface area contributed by atoms with Crippen molar-refractivity contribution in [2.75, 3.05) is 5.75 Å². The highest BCUT2D eigenvalue weighted by Gasteiger charge is 2.21. The number of hydrogen-bond donors (Lipinski definition) is 3. The van der Waals surface area contributed by atoms with Crippen LogP contribution in [0.25, 0.3) is 0 Å². The summed E-state index contributed by atoms with van der Waals surface area (Å²) in [5.74, 6) is -0.923. The standard InChI is InChI=1S/C3H8O7S2/c4-3(12(8,9)10)1-2-11(5,6)7/h3-4H,1-2H2,(H,5,6,7)(H,8,9,10). The molecule has 0 aromatic carbocycles. The zero-order valence-electron chi connectivity index (χ0n) is 5.78. The van der Waals surface area contributed by atoms with Gasteiger partial charge in [-0.2, -0.15) is 16.8 Å². The van der Waals surface area contributed by atoms with Crippen LogP contribution in [-0.2, 0) is 20.2 Å². The van der Waals surface area contributed by atoms with Gasteiger partial charge in [-0.25, -0.2) is 0 Å². The Kier molecular flexibility index (Phi) is 3.59. The van der Waals surface area contributed by atoms with E-state index in [4.69, 9.17) is 14.2 Å². The third-order valence-corrected chi connectivity index (χ3v) is 2.64. The van der Waals surface area contributed by atoms with Crippen LogP contribution < -0.4 is 0 Å². The Morgan fingerprint density at radius 1 is 1.08 bits per heavy atom. The first-order valence-electron chi connectivity index (χ1n) is 2.72. The molecule has 0 aliphatic heterocycles. The predicted octanol–water partition coefficient (Wildman–Crippen LogP) is -1.53. The Labute approximate surface area is 69.5 Å². The van der Waals surface area contributed by atoms with Crippen LogP contribution >= 0.6 is 0 Å². The molecule has 0 radical (unpaired) electrons. The summed E-state index contributed by atoms with van der Waals surface area (Å²) in [4.78, 5) is 0. The third-order valence-electron chi connectivity index (χ3n) is 0.967. The van der Waals surface area contributed by atoms with E-state index in [1.807, 2.05) is 0 Å². The maximum Gasteiger partial charge on any atom is 0.292 e. The molecule has 0 aromatic heterocycles. The summed E-state index contributed by atoms with van der Waals surface area (Å²) in [5.41, 5.74) is -2.18. The van der Waals surface area contributed by atoms with Crippen LogP contribution in [0.4, 0.5) is 0 Å². The minimum atomic E-state index is -4.65. The molecule has 9 heteroatoms. The summed E-state index contributed by atoms with van der Waals surface area (Å²) in [5, 5.41) is 8.54. The van der Waals surface area contributed by atoms with Crippen molar-refractivity contribution in [3.05, 3.63) is 0 Å². The molecule has 0 heterocycles. The molecule has 0 saturated heterocycles. The first-order valence-corrected chi connectivity index (χ1v) is 5.84. The molecule has 12 heavy (non-hydrogen) atoms. The second-order valence-electron chi connectivity index (χ2n) is 2.04. The molecule has 3 N–H and O–H groups in total. The van der Waals surface area contributed by atoms with Crippen molar-refractivity contribution in [2.45, 2.75) is 11.9 Å². The van der Waals surface area contributed by atoms with Crippen molar-refractivity contribution in [3.8, 4) is 0 Å². The lowest BCUT2D eigenvalue weighted by atomic mass is 10.5. The van der Waals surface area contributed by atoms with Crippen LogP contribution in [0, 0.1) is 0 Å². The smallest absolute Gasteiger partial charge is 0.292 e. The Bertz CT molecular complexity index is 324. The highest BCUT2D eigenvalue weighted by atomic mass is 32.2. The first kappa shape index (κ1) is 11.8. The Morgan fingerprint density at radius 2 is 1.50 bits per heavy atom. The zero-order chi connectivity index (χ0) is 9.99. The normalized spacial score (nSPS) is 15.9. The van der Waals surface area contributed by atoms with Gasteiger partial charge in [0.2, 0.25) is 0 Å². The average Bonchev–Trinajstić information content (AvgIpc) is 1.78. The quantitative estimate of drug-likeness (QED) is 0.490. The van der Waals surface area contributed by atoms with Crippen molar-refractivity contribution in [1.82, 2.24) is 0 Å². The second kappa shape index (κ2) is 3.66. The van der Waals surface area contributed by atoms with Gasteiger partial charge in [-0.15, -0.1) is 0 Å². The fourth-order valence-electron chi connectivity index (χ4n) is 0.399. The summed E-state index contributed by atoms with van der Waals surface area (Å²) in [6.07, 6.45) is -0.766. The van der Waals surface area contributed by atoms with Crippen LogP contribution in [-0.4, -0.2) is 42.2 Å². The van der Waals surface area contributed by atoms with E-state index in [2.05, 4.69) is 0 Å². The van der Waals surface area contributed by atoms with Crippen LogP contribution in [0.5, 0.6) is 0 Å². The van der Waals surface area contributed by atoms with Crippen LogP contribution in [0.15, 0.2) is 0 Å². The lowest BCUT2D eigenvalue weighted by Crippen LogP contribution is -2.23. The monoisotopic (exact) mass is 220 g/mol. The van der Waals surface area contributed by atoms with Gasteiger partial charge in [0.25, 0.3) is 20.2 Å². The Morgan fingerprint density at radius 3 is 1.75 bits per heavy atom. The van der Waals surface area contributed by atoms with Gasteiger partial charge in [0.1, 0.15) is 0 Å². The predicted molar refractivity (Wildman–Crippen MR) is 38.6 cm³/mol. The SMILES string of the molecule is O=S(=O)(O)CCC(O)S(=O)(=O)O. The minimum absolute atomic E-state index is 0.766. The van der Waals surface area contributed by atoms with E-state index in [0.29, 0.717) is 0 Å². The van der Waals surface area contributed by atoms with E-state index in [9.17, 15) is 16.8 Å². The Balaban J connectivity index is 4.16. The molecule has 0 spiro atoms. The molecule has 0 bridgehead atoms. The topological polar surface area (TPSA) is 129 Å². The van der Waals surface area contributed by atoms with E-state index < -0.39 is 37.8 Å². The number of aliphatic hydroxyl groups excluding tert-OH is 1. The summed E-state index contributed by atoms with van der Waals surface area (Å²) in [6.45, 7) is 0. The molecular formula is C3H8O7S2. The molecule has 1 unspecified atom stereocenters. The van der Waals surface area contributed by atoms with Crippen molar-refractivity contribution in [1.29, 1.82) is 0 Å². The molecule has 1 atom stereocenters. The van der Waals surface area contributed by atoms with Gasteiger partial charge in [0.05, 0.1) is 5.75 Å². The zero-order valence-corrected chi connectivity index (χ0v) is 7.42. The number of hydrogen-bond acceptors (Lipinski definition) is 5. The van der Waals surface area contributed by atoms with Crippen molar-refractivity contribution in [2.24, 2.45) is 0 Å². The molecule has 0 aliphatic carbocycles. The van der Waals surface area contributed by atoms with E-state index >= 15 is 0 Å². The Hall–Kier alpha value is -0.220. The number of aliphatic hydroxyl groups is 1. The molecule has 0 aliphatic rings. The van der Waals surface area contributed by atoms with Crippen LogP contribution in [0.1, 0.15) is 6.42 Å². The lowest BCUT2D eigenvalue weighted by molar-refractivity contribution is 0.229. The first-order chi connectivity index (χ1) is 5.13. The van der Waals surface area contributed by atoms with E-state index in [1.54, 1.807) is 0 Å². The molecular weight excluding hydrogens is 212 g/mol. The molecule has 0 aromatic rings. The maximum atomic E-state index is 10.1.